The van der Waals surface area contributed by atoms with Gasteiger partial charge in [-0.3, -0.25) is 0 Å². The van der Waals surface area contributed by atoms with Crippen LogP contribution in [0.3, 0.4) is 0 Å². The van der Waals surface area contributed by atoms with Crippen molar-refractivity contribution in [3.63, 3.8) is 0 Å². The van der Waals surface area contributed by atoms with Gasteiger partial charge in [-0.1, -0.05) is 0 Å². The minimum atomic E-state index is 0.420. The number of nitrogens with one attached hydrogen (secondary N) is 2. The molecule has 1 rings (SSSR count). The van der Waals surface area contributed by atoms with E-state index in [-0.39, 0.29) is 0 Å². The van der Waals surface area contributed by atoms with Gasteiger partial charge in [-0.2, -0.15) is 0 Å². The highest BCUT2D eigenvalue weighted by Gasteiger charge is 2.11. The molecular weight excluding hydrogens is 170 g/mol. The van der Waals surface area contributed by atoms with Crippen LogP contribution in [0.25, 0.3) is 0 Å². The molecule has 1 heterocycles. The third kappa shape index (κ3) is 3.88. The first-order valence-corrected chi connectivity index (χ1v) is 4.94. The van der Waals surface area contributed by atoms with Crippen molar-refractivity contribution in [2.75, 3.05) is 19.6 Å². The summed E-state index contributed by atoms with van der Waals surface area (Å²) in [4.78, 5) is 0. The van der Waals surface area contributed by atoms with Crippen LogP contribution in [0.15, 0.2) is 0 Å². The first kappa shape index (κ1) is 9.74. The zero-order valence-electron chi connectivity index (χ0n) is 7.31. The highest BCUT2D eigenvalue weighted by Crippen LogP contribution is 2.14. The molecular formula is C8H17N3S. The molecule has 70 valence electrons. The van der Waals surface area contributed by atoms with Crippen molar-refractivity contribution in [2.24, 2.45) is 11.7 Å². The molecule has 0 aromatic rings. The van der Waals surface area contributed by atoms with E-state index < -0.39 is 0 Å². The Bertz CT molecular complexity index is 143. The van der Waals surface area contributed by atoms with E-state index in [0.29, 0.717) is 5.11 Å². The molecule has 1 fully saturated rings. The number of thiocarbonyl (C=S) groups is 1. The molecule has 1 saturated heterocycles. The fourth-order valence-electron chi connectivity index (χ4n) is 1.57. The van der Waals surface area contributed by atoms with Crippen molar-refractivity contribution in [3.05, 3.63) is 0 Å². The lowest BCUT2D eigenvalue weighted by atomic mass is 9.95. The van der Waals surface area contributed by atoms with E-state index in [4.69, 9.17) is 18.0 Å². The largest absolute Gasteiger partial charge is 0.376 e. The van der Waals surface area contributed by atoms with Crippen LogP contribution < -0.4 is 16.4 Å². The van der Waals surface area contributed by atoms with Crippen LogP contribution in [0, 0.1) is 5.92 Å². The summed E-state index contributed by atoms with van der Waals surface area (Å²) in [5, 5.41) is 6.74. The maximum absolute atomic E-state index is 5.32. The summed E-state index contributed by atoms with van der Waals surface area (Å²) >= 11 is 4.72. The summed E-state index contributed by atoms with van der Waals surface area (Å²) in [6, 6.07) is 0. The van der Waals surface area contributed by atoms with Crippen molar-refractivity contribution in [3.8, 4) is 0 Å². The minimum Gasteiger partial charge on any atom is -0.376 e. The van der Waals surface area contributed by atoms with Crippen LogP contribution in [0.2, 0.25) is 0 Å². The first-order valence-electron chi connectivity index (χ1n) is 4.53. The predicted molar refractivity (Wildman–Crippen MR) is 55.0 cm³/mol. The molecule has 4 heteroatoms. The third-order valence-electron chi connectivity index (χ3n) is 2.31. The maximum Gasteiger partial charge on any atom is 0.163 e. The zero-order valence-corrected chi connectivity index (χ0v) is 8.12. The van der Waals surface area contributed by atoms with Gasteiger partial charge >= 0.3 is 0 Å². The topological polar surface area (TPSA) is 50.1 Å². The van der Waals surface area contributed by atoms with Crippen molar-refractivity contribution >= 4 is 17.3 Å². The molecule has 0 radical (unpaired) electrons. The van der Waals surface area contributed by atoms with Crippen molar-refractivity contribution < 1.29 is 0 Å². The molecule has 3 nitrogen and oxygen atoms in total. The Balaban J connectivity index is 2.01. The highest BCUT2D eigenvalue weighted by atomic mass is 32.1. The minimum absolute atomic E-state index is 0.420. The van der Waals surface area contributed by atoms with Crippen molar-refractivity contribution in [2.45, 2.75) is 19.3 Å². The summed E-state index contributed by atoms with van der Waals surface area (Å²) in [6.07, 6.45) is 3.77. The Morgan fingerprint density at radius 3 is 2.75 bits per heavy atom. The Morgan fingerprint density at radius 2 is 2.17 bits per heavy atom. The van der Waals surface area contributed by atoms with Crippen LogP contribution in [-0.4, -0.2) is 24.7 Å². The van der Waals surface area contributed by atoms with Gasteiger partial charge in [0.25, 0.3) is 0 Å². The van der Waals surface area contributed by atoms with Gasteiger partial charge < -0.3 is 16.4 Å². The van der Waals surface area contributed by atoms with Gasteiger partial charge in [-0.05, 0) is 50.5 Å². The van der Waals surface area contributed by atoms with Gasteiger partial charge in [0.1, 0.15) is 0 Å². The number of hydrogen-bond donors (Lipinski definition) is 3. The van der Waals surface area contributed by atoms with Crippen molar-refractivity contribution in [1.29, 1.82) is 0 Å². The monoisotopic (exact) mass is 187 g/mol. The quantitative estimate of drug-likeness (QED) is 0.553. The van der Waals surface area contributed by atoms with E-state index in [1.807, 2.05) is 0 Å². The van der Waals surface area contributed by atoms with E-state index >= 15 is 0 Å². The highest BCUT2D eigenvalue weighted by molar-refractivity contribution is 7.80. The van der Waals surface area contributed by atoms with Gasteiger partial charge in [-0.15, -0.1) is 0 Å². The summed E-state index contributed by atoms with van der Waals surface area (Å²) < 4.78 is 0. The molecule has 0 bridgehead atoms. The predicted octanol–water partition coefficient (Wildman–Crippen LogP) is 0.209. The SMILES string of the molecule is NC(=S)NCCC1CCNCC1. The lowest BCUT2D eigenvalue weighted by molar-refractivity contribution is 0.354. The normalized spacial score (nSPS) is 19.0. The summed E-state index contributed by atoms with van der Waals surface area (Å²) in [6.45, 7) is 3.26. The molecule has 0 spiro atoms. The molecule has 0 atom stereocenters. The Labute approximate surface area is 79.1 Å². The van der Waals surface area contributed by atoms with Gasteiger partial charge in [0.15, 0.2) is 5.11 Å². The van der Waals surface area contributed by atoms with E-state index in [2.05, 4.69) is 10.6 Å². The first-order chi connectivity index (χ1) is 5.79. The van der Waals surface area contributed by atoms with Crippen molar-refractivity contribution in [1.82, 2.24) is 10.6 Å². The average molecular weight is 187 g/mol. The molecule has 0 aromatic heterocycles. The van der Waals surface area contributed by atoms with Gasteiger partial charge in [-0.25, -0.2) is 0 Å². The van der Waals surface area contributed by atoms with Crippen LogP contribution in [-0.2, 0) is 0 Å². The number of hydrogen-bond acceptors (Lipinski definition) is 2. The molecule has 1 aliphatic rings. The van der Waals surface area contributed by atoms with Crippen LogP contribution in [0.5, 0.6) is 0 Å². The van der Waals surface area contributed by atoms with E-state index in [9.17, 15) is 0 Å². The lowest BCUT2D eigenvalue weighted by Gasteiger charge is -2.22. The van der Waals surface area contributed by atoms with Gasteiger partial charge in [0.05, 0.1) is 0 Å². The lowest BCUT2D eigenvalue weighted by Crippen LogP contribution is -2.33. The molecule has 0 aromatic carbocycles. The molecule has 0 aliphatic carbocycles. The Hall–Kier alpha value is -0.350. The second kappa shape index (κ2) is 5.32. The maximum atomic E-state index is 5.32. The van der Waals surface area contributed by atoms with Gasteiger partial charge in [0.2, 0.25) is 0 Å². The second-order valence-electron chi connectivity index (χ2n) is 3.27. The third-order valence-corrected chi connectivity index (χ3v) is 2.45. The Kier molecular flexibility index (Phi) is 4.32. The van der Waals surface area contributed by atoms with Gasteiger partial charge in [0, 0.05) is 6.54 Å². The van der Waals surface area contributed by atoms with Crippen LogP contribution in [0.4, 0.5) is 0 Å². The fourth-order valence-corrected chi connectivity index (χ4v) is 1.67. The summed E-state index contributed by atoms with van der Waals surface area (Å²) in [7, 11) is 0. The van der Waals surface area contributed by atoms with Crippen LogP contribution >= 0.6 is 12.2 Å². The smallest absolute Gasteiger partial charge is 0.163 e. The van der Waals surface area contributed by atoms with Crippen LogP contribution in [0.1, 0.15) is 19.3 Å². The number of rotatable bonds is 3. The average Bonchev–Trinajstić information content (AvgIpc) is 2.05. The zero-order chi connectivity index (χ0) is 8.81. The summed E-state index contributed by atoms with van der Waals surface area (Å²) in [5.41, 5.74) is 5.32. The second-order valence-corrected chi connectivity index (χ2v) is 3.71. The fraction of sp³-hybridized carbons (Fsp3) is 0.875. The molecule has 0 amide bonds. The number of nitrogens with two attached hydrogens (primary N) is 1. The molecule has 12 heavy (non-hydrogen) atoms. The van der Waals surface area contributed by atoms with E-state index in [0.717, 1.165) is 25.6 Å². The van der Waals surface area contributed by atoms with E-state index in [1.54, 1.807) is 0 Å². The molecule has 0 saturated carbocycles. The molecule has 0 unspecified atom stereocenters. The standard InChI is InChI=1S/C8H17N3S/c9-8(12)11-6-3-7-1-4-10-5-2-7/h7,10H,1-6H2,(H3,9,11,12). The van der Waals surface area contributed by atoms with E-state index in [1.165, 1.54) is 19.3 Å². The Morgan fingerprint density at radius 1 is 1.50 bits per heavy atom. The summed E-state index contributed by atoms with van der Waals surface area (Å²) in [5.74, 6) is 0.855. The molecule has 1 aliphatic heterocycles. The number of piperidine rings is 1. The molecule has 4 N–H and O–H groups in total.